The fourth-order valence-corrected chi connectivity index (χ4v) is 5.76. The second-order valence-corrected chi connectivity index (χ2v) is 12.0. The number of hydrogen-bond acceptors (Lipinski definition) is 3. The molecule has 1 amide bonds. The van der Waals surface area contributed by atoms with E-state index in [4.69, 9.17) is 0 Å². The molecule has 0 saturated carbocycles. The number of carbonyl (C=O) groups excluding carboxylic acids is 1. The minimum Gasteiger partial charge on any atom is -0.390 e. The third kappa shape index (κ3) is 6.72. The lowest BCUT2D eigenvalue weighted by Crippen LogP contribution is -2.49. The molecule has 0 spiro atoms. The van der Waals surface area contributed by atoms with E-state index in [9.17, 15) is 18.7 Å². The quantitative estimate of drug-likeness (QED) is 0.218. The molecule has 1 aliphatic carbocycles. The number of halogens is 2. The molecule has 4 aromatic rings. The lowest BCUT2D eigenvalue weighted by Gasteiger charge is -2.28. The molecule has 4 nitrogen and oxygen atoms in total. The maximum absolute atomic E-state index is 14.0. The Morgan fingerprint density at radius 2 is 1.54 bits per heavy atom. The van der Waals surface area contributed by atoms with Crippen LogP contribution in [0.4, 0.5) is 8.78 Å². The van der Waals surface area contributed by atoms with Gasteiger partial charge in [-0.25, -0.2) is 8.78 Å². The molecule has 3 atom stereocenters. The van der Waals surface area contributed by atoms with Gasteiger partial charge in [0.1, 0.15) is 11.6 Å². The van der Waals surface area contributed by atoms with Crippen LogP contribution in [0.5, 0.6) is 0 Å². The van der Waals surface area contributed by atoms with E-state index in [1.807, 2.05) is 18.2 Å². The summed E-state index contributed by atoms with van der Waals surface area (Å²) in [6.07, 6.45) is -0.0883. The van der Waals surface area contributed by atoms with Crippen LogP contribution >= 0.6 is 0 Å². The van der Waals surface area contributed by atoms with Crippen molar-refractivity contribution in [2.75, 3.05) is 6.54 Å². The van der Waals surface area contributed by atoms with Gasteiger partial charge in [0.05, 0.1) is 18.2 Å². The summed E-state index contributed by atoms with van der Waals surface area (Å²) in [4.78, 5) is 13.1. The lowest BCUT2D eigenvalue weighted by molar-refractivity contribution is 0.0827. The van der Waals surface area contributed by atoms with Gasteiger partial charge in [0.15, 0.2) is 0 Å². The molecule has 3 N–H and O–H groups in total. The second kappa shape index (κ2) is 11.9. The second-order valence-electron chi connectivity index (χ2n) is 12.0. The molecule has 0 radical (unpaired) electrons. The minimum absolute atomic E-state index is 0.0587. The van der Waals surface area contributed by atoms with Crippen molar-refractivity contribution in [2.24, 2.45) is 5.41 Å². The fourth-order valence-electron chi connectivity index (χ4n) is 5.76. The average Bonchev–Trinajstić information content (AvgIpc) is 3.25. The summed E-state index contributed by atoms with van der Waals surface area (Å²) in [5.41, 5.74) is 6.80. The highest BCUT2D eigenvalue weighted by atomic mass is 19.1. The Morgan fingerprint density at radius 1 is 0.878 bits per heavy atom. The summed E-state index contributed by atoms with van der Waals surface area (Å²) in [5.74, 6) is -1.77. The van der Waals surface area contributed by atoms with E-state index in [-0.39, 0.29) is 30.3 Å². The molecule has 0 saturated heterocycles. The summed E-state index contributed by atoms with van der Waals surface area (Å²) in [6, 6.07) is 25.7. The number of carbonyl (C=O) groups is 1. The molecule has 1 unspecified atom stereocenters. The molecular formula is C35H36F2N2O2. The molecular weight excluding hydrogens is 518 g/mol. The Balaban J connectivity index is 1.42. The first kappa shape index (κ1) is 28.7. The summed E-state index contributed by atoms with van der Waals surface area (Å²) in [5, 5.41) is 17.9. The van der Waals surface area contributed by atoms with Crippen LogP contribution in [-0.2, 0) is 12.8 Å². The van der Waals surface area contributed by atoms with Crippen LogP contribution < -0.4 is 10.6 Å². The summed E-state index contributed by atoms with van der Waals surface area (Å²) < 4.78 is 28.0. The summed E-state index contributed by atoms with van der Waals surface area (Å²) in [6.45, 7) is 6.81. The van der Waals surface area contributed by atoms with E-state index in [1.54, 1.807) is 24.3 Å². The number of nitrogens with one attached hydrogen (secondary N) is 2. The zero-order chi connectivity index (χ0) is 29.1. The number of fused-ring (bicyclic) bond motifs is 3. The first-order valence-electron chi connectivity index (χ1n) is 14.0. The number of rotatable bonds is 9. The molecule has 41 heavy (non-hydrogen) atoms. The Labute approximate surface area is 240 Å². The van der Waals surface area contributed by atoms with Crippen molar-refractivity contribution in [1.82, 2.24) is 10.6 Å². The highest BCUT2D eigenvalue weighted by molar-refractivity contribution is 5.94. The predicted octanol–water partition coefficient (Wildman–Crippen LogP) is 6.62. The number of hydrogen-bond donors (Lipinski definition) is 3. The monoisotopic (exact) mass is 554 g/mol. The third-order valence-corrected chi connectivity index (χ3v) is 7.49. The first-order chi connectivity index (χ1) is 19.6. The Kier molecular flexibility index (Phi) is 8.34. The molecule has 1 aliphatic rings. The van der Waals surface area contributed by atoms with Crippen molar-refractivity contribution in [1.29, 1.82) is 0 Å². The van der Waals surface area contributed by atoms with Crippen molar-refractivity contribution in [3.63, 3.8) is 0 Å². The van der Waals surface area contributed by atoms with Crippen molar-refractivity contribution < 1.29 is 18.7 Å². The number of aliphatic hydroxyl groups excluding tert-OH is 1. The molecule has 6 heteroatoms. The zero-order valence-corrected chi connectivity index (χ0v) is 23.6. The van der Waals surface area contributed by atoms with Gasteiger partial charge >= 0.3 is 0 Å². The molecule has 0 aromatic heterocycles. The third-order valence-electron chi connectivity index (χ3n) is 7.49. The molecule has 5 rings (SSSR count). The minimum atomic E-state index is -1.04. The largest absolute Gasteiger partial charge is 0.390 e. The Morgan fingerprint density at radius 3 is 2.24 bits per heavy atom. The molecule has 0 heterocycles. The maximum Gasteiger partial charge on any atom is 0.251 e. The molecule has 212 valence electrons. The molecule has 0 fully saturated rings. The first-order valence-corrected chi connectivity index (χ1v) is 14.0. The lowest BCUT2D eigenvalue weighted by atomic mass is 9.84. The van der Waals surface area contributed by atoms with E-state index in [2.05, 4.69) is 61.7 Å². The van der Waals surface area contributed by atoms with Gasteiger partial charge in [0.2, 0.25) is 0 Å². The Hall–Kier alpha value is -3.87. The standard InChI is InChI=1S/C35H36F2N2O2/c1-35(2,3)20-24-12-9-15-28-27-13-7-8-14-29(27)33(32(24)28)38-21-31(40)30(18-22-16-25(36)19-26(37)17-22)39-34(41)23-10-5-4-6-11-23/h4-17,19,30-31,33,38,40H,18,20-21H2,1-3H3,(H,39,41)/t30-,31+,33?/m1/s1. The van der Waals surface area contributed by atoms with E-state index < -0.39 is 23.8 Å². The van der Waals surface area contributed by atoms with Gasteiger partial charge in [-0.15, -0.1) is 0 Å². The predicted molar refractivity (Wildman–Crippen MR) is 159 cm³/mol. The van der Waals surface area contributed by atoms with Gasteiger partial charge < -0.3 is 15.7 Å². The zero-order valence-electron chi connectivity index (χ0n) is 23.6. The fraction of sp³-hybridized carbons (Fsp3) is 0.286. The van der Waals surface area contributed by atoms with E-state index >= 15 is 0 Å². The molecule has 4 aromatic carbocycles. The van der Waals surface area contributed by atoms with Gasteiger partial charge in [-0.2, -0.15) is 0 Å². The summed E-state index contributed by atoms with van der Waals surface area (Å²) >= 11 is 0. The number of amides is 1. The summed E-state index contributed by atoms with van der Waals surface area (Å²) in [7, 11) is 0. The number of aliphatic hydroxyl groups is 1. The highest BCUT2D eigenvalue weighted by Crippen LogP contribution is 2.46. The van der Waals surface area contributed by atoms with E-state index in [0.717, 1.165) is 23.6 Å². The van der Waals surface area contributed by atoms with Crippen LogP contribution in [0, 0.1) is 17.0 Å². The van der Waals surface area contributed by atoms with Crippen molar-refractivity contribution in [2.45, 2.75) is 51.8 Å². The van der Waals surface area contributed by atoms with Crippen LogP contribution in [0.2, 0.25) is 0 Å². The van der Waals surface area contributed by atoms with Crippen LogP contribution in [0.15, 0.2) is 91.0 Å². The van der Waals surface area contributed by atoms with Crippen LogP contribution in [0.3, 0.4) is 0 Å². The van der Waals surface area contributed by atoms with E-state index in [0.29, 0.717) is 11.1 Å². The van der Waals surface area contributed by atoms with Gasteiger partial charge in [-0.05, 0) is 75.9 Å². The normalized spacial score (nSPS) is 15.6. The molecule has 0 aliphatic heterocycles. The van der Waals surface area contributed by atoms with Gasteiger partial charge in [0, 0.05) is 18.2 Å². The maximum atomic E-state index is 14.0. The van der Waals surface area contributed by atoms with Crippen molar-refractivity contribution in [3.8, 4) is 11.1 Å². The van der Waals surface area contributed by atoms with Gasteiger partial charge in [-0.1, -0.05) is 81.4 Å². The smallest absolute Gasteiger partial charge is 0.251 e. The highest BCUT2D eigenvalue weighted by Gasteiger charge is 2.33. The Bertz CT molecular complexity index is 1510. The van der Waals surface area contributed by atoms with Crippen molar-refractivity contribution in [3.05, 3.63) is 130 Å². The van der Waals surface area contributed by atoms with Crippen LogP contribution in [0.25, 0.3) is 11.1 Å². The number of benzene rings is 4. The van der Waals surface area contributed by atoms with Crippen molar-refractivity contribution >= 4 is 5.91 Å². The topological polar surface area (TPSA) is 61.4 Å². The van der Waals surface area contributed by atoms with Crippen LogP contribution in [-0.4, -0.2) is 29.7 Å². The SMILES string of the molecule is CC(C)(C)Cc1cccc2c1C(NC[C@H](O)[C@@H](Cc1cc(F)cc(F)c1)NC(=O)c1ccccc1)c1ccccc1-2. The average molecular weight is 555 g/mol. The van der Waals surface area contributed by atoms with Gasteiger partial charge in [0.25, 0.3) is 5.91 Å². The molecule has 0 bridgehead atoms. The van der Waals surface area contributed by atoms with Gasteiger partial charge in [-0.3, -0.25) is 4.79 Å². The van der Waals surface area contributed by atoms with E-state index in [1.165, 1.54) is 28.8 Å². The van der Waals surface area contributed by atoms with Crippen LogP contribution in [0.1, 0.15) is 59.4 Å².